The lowest BCUT2D eigenvalue weighted by molar-refractivity contribution is 0.0839. The Labute approximate surface area is 151 Å². The van der Waals surface area contributed by atoms with Gasteiger partial charge < -0.3 is 9.47 Å². The van der Waals surface area contributed by atoms with Gasteiger partial charge >= 0.3 is 0 Å². The van der Waals surface area contributed by atoms with E-state index >= 15 is 0 Å². The molecule has 0 bridgehead atoms. The lowest BCUT2D eigenvalue weighted by atomic mass is 10.1. The van der Waals surface area contributed by atoms with E-state index in [1.807, 2.05) is 25.3 Å². The van der Waals surface area contributed by atoms with Crippen molar-refractivity contribution in [3.05, 3.63) is 29.3 Å². The lowest BCUT2D eigenvalue weighted by Crippen LogP contribution is -2.46. The van der Waals surface area contributed by atoms with Crippen molar-refractivity contribution in [1.82, 2.24) is 9.80 Å². The molecule has 0 aromatic heterocycles. The number of methoxy groups -OCH3 is 2. The molecule has 1 aliphatic heterocycles. The van der Waals surface area contributed by atoms with Crippen LogP contribution < -0.4 is 4.74 Å². The molecular formula is C20H29N3O2. The zero-order chi connectivity index (χ0) is 17.8. The first-order chi connectivity index (χ1) is 12.2. The van der Waals surface area contributed by atoms with E-state index in [-0.39, 0.29) is 0 Å². The topological polar surface area (TPSA) is 48.7 Å². The standard InChI is InChI=1S/C20H29N3O2/c1-22(13-16-8-7-15(12-21)11-20(16)25-3)18-5-4-6-19(18)23-10-9-17(14-23)24-2/h7-8,11,17-19H,4-6,9-10,13-14H2,1-3H3/t17?,18-,19+/m1/s1. The van der Waals surface area contributed by atoms with Crippen LogP contribution in [0.15, 0.2) is 18.2 Å². The molecule has 25 heavy (non-hydrogen) atoms. The highest BCUT2D eigenvalue weighted by molar-refractivity contribution is 5.42. The highest BCUT2D eigenvalue weighted by Gasteiger charge is 2.37. The summed E-state index contributed by atoms with van der Waals surface area (Å²) >= 11 is 0. The lowest BCUT2D eigenvalue weighted by Gasteiger charge is -2.35. The molecule has 0 N–H and O–H groups in total. The number of rotatable bonds is 6. The molecule has 136 valence electrons. The Bertz CT molecular complexity index is 628. The summed E-state index contributed by atoms with van der Waals surface area (Å²) in [6, 6.07) is 9.10. The molecule has 3 rings (SSSR count). The van der Waals surface area contributed by atoms with Gasteiger partial charge in [0.05, 0.1) is 24.8 Å². The fourth-order valence-electron chi connectivity index (χ4n) is 4.44. The third-order valence-corrected chi connectivity index (χ3v) is 5.82. The molecule has 0 spiro atoms. The second-order valence-corrected chi connectivity index (χ2v) is 7.26. The van der Waals surface area contributed by atoms with Crippen LogP contribution >= 0.6 is 0 Å². The number of likely N-dealkylation sites (N-methyl/N-ethyl adjacent to an activating group) is 1. The van der Waals surface area contributed by atoms with Crippen LogP contribution in [0, 0.1) is 11.3 Å². The van der Waals surface area contributed by atoms with Gasteiger partial charge in [-0.2, -0.15) is 5.26 Å². The summed E-state index contributed by atoms with van der Waals surface area (Å²) in [6.45, 7) is 3.05. The first kappa shape index (κ1) is 18.2. The van der Waals surface area contributed by atoms with Gasteiger partial charge in [0.1, 0.15) is 5.75 Å². The molecule has 1 aromatic carbocycles. The zero-order valence-electron chi connectivity index (χ0n) is 15.6. The Balaban J connectivity index is 1.68. The second-order valence-electron chi connectivity index (χ2n) is 7.26. The molecular weight excluding hydrogens is 314 g/mol. The fraction of sp³-hybridized carbons (Fsp3) is 0.650. The quantitative estimate of drug-likeness (QED) is 0.795. The Morgan fingerprint density at radius 3 is 2.80 bits per heavy atom. The van der Waals surface area contributed by atoms with Crippen LogP contribution in [-0.2, 0) is 11.3 Å². The molecule has 2 fully saturated rings. The highest BCUT2D eigenvalue weighted by atomic mass is 16.5. The van der Waals surface area contributed by atoms with Gasteiger partial charge in [-0.15, -0.1) is 0 Å². The van der Waals surface area contributed by atoms with Gasteiger partial charge in [0.2, 0.25) is 0 Å². The number of hydrogen-bond acceptors (Lipinski definition) is 5. The number of nitriles is 1. The van der Waals surface area contributed by atoms with E-state index < -0.39 is 0 Å². The predicted octanol–water partition coefficient (Wildman–Crippen LogP) is 2.64. The number of benzene rings is 1. The number of likely N-dealkylation sites (tertiary alicyclic amines) is 1. The van der Waals surface area contributed by atoms with Crippen LogP contribution in [0.5, 0.6) is 5.75 Å². The van der Waals surface area contributed by atoms with Crippen molar-refractivity contribution in [2.45, 2.75) is 50.4 Å². The van der Waals surface area contributed by atoms with E-state index in [4.69, 9.17) is 14.7 Å². The smallest absolute Gasteiger partial charge is 0.124 e. The van der Waals surface area contributed by atoms with Gasteiger partial charge in [0.25, 0.3) is 0 Å². The van der Waals surface area contributed by atoms with Crippen LogP contribution in [0.3, 0.4) is 0 Å². The molecule has 1 aromatic rings. The average Bonchev–Trinajstić information content (AvgIpc) is 3.30. The van der Waals surface area contributed by atoms with Crippen molar-refractivity contribution >= 4 is 0 Å². The summed E-state index contributed by atoms with van der Waals surface area (Å²) < 4.78 is 11.0. The third-order valence-electron chi connectivity index (χ3n) is 5.82. The van der Waals surface area contributed by atoms with E-state index in [0.29, 0.717) is 23.8 Å². The minimum absolute atomic E-state index is 0.394. The highest BCUT2D eigenvalue weighted by Crippen LogP contribution is 2.32. The van der Waals surface area contributed by atoms with Crippen LogP contribution in [0.2, 0.25) is 0 Å². The zero-order valence-corrected chi connectivity index (χ0v) is 15.6. The summed E-state index contributed by atoms with van der Waals surface area (Å²) in [5.41, 5.74) is 1.79. The number of ether oxygens (including phenoxy) is 2. The Morgan fingerprint density at radius 2 is 2.12 bits per heavy atom. The maximum absolute atomic E-state index is 9.07. The minimum atomic E-state index is 0.394. The minimum Gasteiger partial charge on any atom is -0.496 e. The van der Waals surface area contributed by atoms with Gasteiger partial charge in [0.15, 0.2) is 0 Å². The van der Waals surface area contributed by atoms with Crippen LogP contribution in [0.1, 0.15) is 36.8 Å². The average molecular weight is 343 g/mol. The Morgan fingerprint density at radius 1 is 1.28 bits per heavy atom. The maximum atomic E-state index is 9.07. The molecule has 1 aliphatic carbocycles. The number of nitrogens with zero attached hydrogens (tertiary/aromatic N) is 3. The normalized spacial score (nSPS) is 26.9. The first-order valence-corrected chi connectivity index (χ1v) is 9.20. The largest absolute Gasteiger partial charge is 0.496 e. The SMILES string of the molecule is COc1cc(C#N)ccc1CN(C)[C@@H]1CCC[C@@H]1N1CCC(OC)C1. The van der Waals surface area contributed by atoms with E-state index in [2.05, 4.69) is 22.9 Å². The Hall–Kier alpha value is -1.61. The predicted molar refractivity (Wildman–Crippen MR) is 97.6 cm³/mol. The molecule has 2 aliphatic rings. The van der Waals surface area contributed by atoms with Crippen molar-refractivity contribution in [3.8, 4) is 11.8 Å². The Kier molecular flexibility index (Phi) is 5.95. The molecule has 5 nitrogen and oxygen atoms in total. The van der Waals surface area contributed by atoms with Crippen molar-refractivity contribution in [1.29, 1.82) is 5.26 Å². The summed E-state index contributed by atoms with van der Waals surface area (Å²) in [5.74, 6) is 0.807. The van der Waals surface area contributed by atoms with Gasteiger partial charge in [-0.1, -0.05) is 12.5 Å². The van der Waals surface area contributed by atoms with Gasteiger partial charge in [-0.25, -0.2) is 0 Å². The van der Waals surface area contributed by atoms with E-state index in [1.165, 1.54) is 19.3 Å². The van der Waals surface area contributed by atoms with Crippen LogP contribution in [0.4, 0.5) is 0 Å². The van der Waals surface area contributed by atoms with Gasteiger partial charge in [0, 0.05) is 44.4 Å². The molecule has 0 radical (unpaired) electrons. The molecule has 3 atom stereocenters. The molecule has 1 unspecified atom stereocenters. The van der Waals surface area contributed by atoms with E-state index in [1.54, 1.807) is 7.11 Å². The van der Waals surface area contributed by atoms with Crippen molar-refractivity contribution in [2.75, 3.05) is 34.4 Å². The number of hydrogen-bond donors (Lipinski definition) is 0. The third kappa shape index (κ3) is 3.98. The molecule has 5 heteroatoms. The second kappa shape index (κ2) is 8.18. The molecule has 1 heterocycles. The summed E-state index contributed by atoms with van der Waals surface area (Å²) in [5, 5.41) is 9.07. The van der Waals surface area contributed by atoms with Crippen molar-refractivity contribution < 1.29 is 9.47 Å². The maximum Gasteiger partial charge on any atom is 0.124 e. The molecule has 0 amide bonds. The van der Waals surface area contributed by atoms with Crippen molar-refractivity contribution in [3.63, 3.8) is 0 Å². The van der Waals surface area contributed by atoms with E-state index in [9.17, 15) is 0 Å². The van der Waals surface area contributed by atoms with E-state index in [0.717, 1.165) is 37.4 Å². The fourth-order valence-corrected chi connectivity index (χ4v) is 4.44. The van der Waals surface area contributed by atoms with Crippen LogP contribution in [0.25, 0.3) is 0 Å². The van der Waals surface area contributed by atoms with Gasteiger partial charge in [-0.3, -0.25) is 9.80 Å². The molecule has 1 saturated carbocycles. The van der Waals surface area contributed by atoms with Crippen molar-refractivity contribution in [2.24, 2.45) is 0 Å². The summed E-state index contributed by atoms with van der Waals surface area (Å²) in [4.78, 5) is 5.08. The molecule has 1 saturated heterocycles. The van der Waals surface area contributed by atoms with Crippen LogP contribution in [-0.4, -0.2) is 62.3 Å². The summed E-state index contributed by atoms with van der Waals surface area (Å²) in [7, 11) is 5.71. The summed E-state index contributed by atoms with van der Waals surface area (Å²) in [6.07, 6.45) is 5.35. The van der Waals surface area contributed by atoms with Gasteiger partial charge in [-0.05, 0) is 38.4 Å². The first-order valence-electron chi connectivity index (χ1n) is 9.20. The monoisotopic (exact) mass is 343 g/mol.